The molecule has 0 aromatic heterocycles. The summed E-state index contributed by atoms with van der Waals surface area (Å²) in [6.07, 6.45) is 0. The first-order valence-electron chi connectivity index (χ1n) is 9.03. The van der Waals surface area contributed by atoms with Crippen molar-refractivity contribution in [3.05, 3.63) is 65.5 Å². The Hall–Kier alpha value is -2.36. The Morgan fingerprint density at radius 1 is 1.21 bits per heavy atom. The van der Waals surface area contributed by atoms with Crippen LogP contribution in [0.25, 0.3) is 0 Å². The Morgan fingerprint density at radius 2 is 1.90 bits per heavy atom. The molecule has 1 amide bonds. The Morgan fingerprint density at radius 3 is 2.48 bits per heavy atom. The van der Waals surface area contributed by atoms with Crippen LogP contribution in [-0.2, 0) is 11.3 Å². The van der Waals surface area contributed by atoms with Crippen LogP contribution in [-0.4, -0.2) is 44.5 Å². The molecule has 2 N–H and O–H groups in total. The highest BCUT2D eigenvalue weighted by Gasteiger charge is 2.13. The van der Waals surface area contributed by atoms with Crippen molar-refractivity contribution in [1.29, 1.82) is 0 Å². The first kappa shape index (κ1) is 24.7. The molecule has 0 aliphatic heterocycles. The minimum atomic E-state index is -0.424. The minimum Gasteiger partial charge on any atom is -0.494 e. The fraction of sp³-hybridized carbons (Fsp3) is 0.333. The third-order valence-electron chi connectivity index (χ3n) is 4.20. The van der Waals surface area contributed by atoms with Crippen LogP contribution in [0.4, 0.5) is 4.39 Å². The molecule has 2 aromatic carbocycles. The zero-order valence-corrected chi connectivity index (χ0v) is 19.4. The zero-order valence-electron chi connectivity index (χ0n) is 17.1. The van der Waals surface area contributed by atoms with E-state index in [2.05, 4.69) is 15.6 Å². The van der Waals surface area contributed by atoms with Gasteiger partial charge in [0.15, 0.2) is 17.5 Å². The number of carbonyl (C=O) groups excluding carboxylic acids is 1. The van der Waals surface area contributed by atoms with Crippen molar-refractivity contribution >= 4 is 35.8 Å². The van der Waals surface area contributed by atoms with Crippen LogP contribution in [0.1, 0.15) is 24.1 Å². The fourth-order valence-corrected chi connectivity index (χ4v) is 2.46. The van der Waals surface area contributed by atoms with Gasteiger partial charge in [-0.15, -0.1) is 24.0 Å². The summed E-state index contributed by atoms with van der Waals surface area (Å²) >= 11 is 0. The van der Waals surface area contributed by atoms with Crippen LogP contribution in [0.2, 0.25) is 0 Å². The van der Waals surface area contributed by atoms with Crippen molar-refractivity contribution in [1.82, 2.24) is 15.5 Å². The SMILES string of the molecule is COc1ccc(C(C)NC(=NCc2ccccc2)NCC(=O)N(C)C)cc1F.I. The minimum absolute atomic E-state index is 0. The van der Waals surface area contributed by atoms with Gasteiger partial charge in [0, 0.05) is 14.1 Å². The molecule has 0 aliphatic carbocycles. The van der Waals surface area contributed by atoms with Gasteiger partial charge in [-0.1, -0.05) is 36.4 Å². The first-order chi connectivity index (χ1) is 13.4. The standard InChI is InChI=1S/C21H27FN4O2.HI/c1-15(17-10-11-19(28-4)18(22)12-17)25-21(24-14-20(27)26(2)3)23-13-16-8-6-5-7-9-16;/h5-12,15H,13-14H2,1-4H3,(H2,23,24,25);1H. The van der Waals surface area contributed by atoms with Gasteiger partial charge >= 0.3 is 0 Å². The lowest BCUT2D eigenvalue weighted by Crippen LogP contribution is -2.43. The number of benzene rings is 2. The highest BCUT2D eigenvalue weighted by molar-refractivity contribution is 14.0. The second-order valence-electron chi connectivity index (χ2n) is 6.55. The molecule has 0 saturated carbocycles. The number of hydrogen-bond donors (Lipinski definition) is 2. The summed E-state index contributed by atoms with van der Waals surface area (Å²) in [4.78, 5) is 18.0. The van der Waals surface area contributed by atoms with E-state index >= 15 is 0 Å². The van der Waals surface area contributed by atoms with E-state index in [0.29, 0.717) is 12.5 Å². The van der Waals surface area contributed by atoms with Gasteiger partial charge in [0.1, 0.15) is 0 Å². The molecule has 0 spiro atoms. The second-order valence-corrected chi connectivity index (χ2v) is 6.55. The molecule has 0 heterocycles. The van der Waals surface area contributed by atoms with Gasteiger partial charge in [0.25, 0.3) is 0 Å². The largest absolute Gasteiger partial charge is 0.494 e. The number of rotatable bonds is 7. The van der Waals surface area contributed by atoms with Crippen molar-refractivity contribution < 1.29 is 13.9 Å². The molecule has 0 aliphatic rings. The lowest BCUT2D eigenvalue weighted by Gasteiger charge is -2.20. The number of carbonyl (C=O) groups is 1. The number of methoxy groups -OCH3 is 1. The van der Waals surface area contributed by atoms with Crippen molar-refractivity contribution in [2.75, 3.05) is 27.7 Å². The summed E-state index contributed by atoms with van der Waals surface area (Å²) in [7, 11) is 4.82. The number of nitrogens with one attached hydrogen (secondary N) is 2. The molecular formula is C21H28FIN4O2. The number of aliphatic imine (C=N–C) groups is 1. The zero-order chi connectivity index (χ0) is 20.5. The van der Waals surface area contributed by atoms with Crippen LogP contribution in [0.5, 0.6) is 5.75 Å². The number of amides is 1. The maximum atomic E-state index is 14.0. The number of hydrogen-bond acceptors (Lipinski definition) is 3. The van der Waals surface area contributed by atoms with Crippen LogP contribution in [0.15, 0.2) is 53.5 Å². The Balaban J connectivity index is 0.00000420. The predicted octanol–water partition coefficient (Wildman–Crippen LogP) is 3.34. The number of likely N-dealkylation sites (N-methyl/N-ethyl adjacent to an activating group) is 1. The Labute approximate surface area is 188 Å². The number of nitrogens with zero attached hydrogens (tertiary/aromatic N) is 2. The molecule has 2 rings (SSSR count). The molecule has 8 heteroatoms. The molecule has 1 unspecified atom stereocenters. The maximum Gasteiger partial charge on any atom is 0.241 e. The van der Waals surface area contributed by atoms with E-state index in [-0.39, 0.29) is 48.2 Å². The summed E-state index contributed by atoms with van der Waals surface area (Å²) in [5.74, 6) is 0.177. The summed E-state index contributed by atoms with van der Waals surface area (Å²) in [5.41, 5.74) is 1.79. The van der Waals surface area contributed by atoms with Crippen molar-refractivity contribution in [2.24, 2.45) is 4.99 Å². The van der Waals surface area contributed by atoms with Gasteiger partial charge in [0.2, 0.25) is 5.91 Å². The molecule has 29 heavy (non-hydrogen) atoms. The summed E-state index contributed by atoms with van der Waals surface area (Å²) in [6.45, 7) is 2.46. The van der Waals surface area contributed by atoms with Gasteiger partial charge < -0.3 is 20.3 Å². The molecule has 0 fully saturated rings. The number of ether oxygens (including phenoxy) is 1. The summed E-state index contributed by atoms with van der Waals surface area (Å²) in [6, 6.07) is 14.4. The van der Waals surface area contributed by atoms with E-state index in [1.807, 2.05) is 37.3 Å². The lowest BCUT2D eigenvalue weighted by molar-refractivity contribution is -0.127. The van der Waals surface area contributed by atoms with E-state index < -0.39 is 5.82 Å². The molecule has 0 bridgehead atoms. The molecule has 158 valence electrons. The highest BCUT2D eigenvalue weighted by Crippen LogP contribution is 2.21. The van der Waals surface area contributed by atoms with Gasteiger partial charge in [-0.05, 0) is 30.2 Å². The lowest BCUT2D eigenvalue weighted by atomic mass is 10.1. The highest BCUT2D eigenvalue weighted by atomic mass is 127. The van der Waals surface area contributed by atoms with E-state index in [1.165, 1.54) is 18.1 Å². The molecule has 6 nitrogen and oxygen atoms in total. The van der Waals surface area contributed by atoms with Crippen LogP contribution in [0, 0.1) is 5.82 Å². The van der Waals surface area contributed by atoms with E-state index in [1.54, 1.807) is 26.2 Å². The van der Waals surface area contributed by atoms with Crippen molar-refractivity contribution in [2.45, 2.75) is 19.5 Å². The summed E-state index contributed by atoms with van der Waals surface area (Å²) < 4.78 is 19.0. The molecule has 2 aromatic rings. The number of halogens is 2. The van der Waals surface area contributed by atoms with Crippen molar-refractivity contribution in [3.8, 4) is 5.75 Å². The van der Waals surface area contributed by atoms with E-state index in [9.17, 15) is 9.18 Å². The molecule has 0 radical (unpaired) electrons. The smallest absolute Gasteiger partial charge is 0.241 e. The second kappa shape index (κ2) is 12.3. The van der Waals surface area contributed by atoms with Crippen LogP contribution < -0.4 is 15.4 Å². The third kappa shape index (κ3) is 7.88. The van der Waals surface area contributed by atoms with Gasteiger partial charge in [-0.3, -0.25) is 4.79 Å². The maximum absolute atomic E-state index is 14.0. The van der Waals surface area contributed by atoms with Crippen LogP contribution >= 0.6 is 24.0 Å². The van der Waals surface area contributed by atoms with E-state index in [4.69, 9.17) is 4.74 Å². The summed E-state index contributed by atoms with van der Waals surface area (Å²) in [5, 5.41) is 6.26. The third-order valence-corrected chi connectivity index (χ3v) is 4.20. The molecular weight excluding hydrogens is 486 g/mol. The topological polar surface area (TPSA) is 66.0 Å². The fourth-order valence-electron chi connectivity index (χ4n) is 2.46. The van der Waals surface area contributed by atoms with Crippen molar-refractivity contribution in [3.63, 3.8) is 0 Å². The van der Waals surface area contributed by atoms with E-state index in [0.717, 1.165) is 11.1 Å². The van der Waals surface area contributed by atoms with Crippen LogP contribution in [0.3, 0.4) is 0 Å². The average molecular weight is 514 g/mol. The van der Waals surface area contributed by atoms with Gasteiger partial charge in [-0.2, -0.15) is 0 Å². The Kier molecular flexibility index (Phi) is 10.4. The average Bonchev–Trinajstić information content (AvgIpc) is 2.70. The first-order valence-corrected chi connectivity index (χ1v) is 9.03. The van der Waals surface area contributed by atoms with Gasteiger partial charge in [0.05, 0.1) is 26.2 Å². The number of guanidine groups is 1. The Bertz CT molecular complexity index is 816. The van der Waals surface area contributed by atoms with Gasteiger partial charge in [-0.25, -0.2) is 9.38 Å². The molecule has 1 atom stereocenters. The predicted molar refractivity (Wildman–Crippen MR) is 124 cm³/mol. The molecule has 0 saturated heterocycles. The quantitative estimate of drug-likeness (QED) is 0.338. The monoisotopic (exact) mass is 514 g/mol. The normalized spacial score (nSPS) is 11.8.